The number of nitrogens with zero attached hydrogens (tertiary/aromatic N) is 3. The molecule has 1 fully saturated rings. The highest BCUT2D eigenvalue weighted by molar-refractivity contribution is 8.00. The van der Waals surface area contributed by atoms with E-state index < -0.39 is 0 Å². The summed E-state index contributed by atoms with van der Waals surface area (Å²) in [6.07, 6.45) is 5.99. The maximum Gasteiger partial charge on any atom is 0.235 e. The number of carbonyl (C=O) groups is 1. The van der Waals surface area contributed by atoms with Gasteiger partial charge in [-0.25, -0.2) is 4.98 Å². The molecular weight excluding hydrogens is 330 g/mol. The molecule has 1 aromatic heterocycles. The quantitative estimate of drug-likeness (QED) is 0.769. The molecule has 1 aliphatic heterocycles. The second-order valence-electron chi connectivity index (χ2n) is 7.12. The fourth-order valence-corrected chi connectivity index (χ4v) is 4.11. The molecule has 3 rings (SSSR count). The van der Waals surface area contributed by atoms with Gasteiger partial charge in [0, 0.05) is 31.2 Å². The van der Waals surface area contributed by atoms with Gasteiger partial charge in [-0.3, -0.25) is 9.36 Å². The zero-order valence-electron chi connectivity index (χ0n) is 15.5. The second-order valence-corrected chi connectivity index (χ2v) is 8.42. The third kappa shape index (κ3) is 4.09. The van der Waals surface area contributed by atoms with Crippen LogP contribution >= 0.6 is 11.8 Å². The summed E-state index contributed by atoms with van der Waals surface area (Å²) in [7, 11) is 0. The molecule has 1 unspecified atom stereocenters. The summed E-state index contributed by atoms with van der Waals surface area (Å²) in [4.78, 5) is 19.2. The van der Waals surface area contributed by atoms with E-state index in [0.717, 1.165) is 42.7 Å². The SMILES string of the molecule is Cc1ccc(-n2ccnc2SC(C)C(=O)N2CCC(C)CC2)cc1C. The molecule has 5 heteroatoms. The summed E-state index contributed by atoms with van der Waals surface area (Å²) in [6, 6.07) is 6.40. The molecule has 1 saturated heterocycles. The number of amides is 1. The molecule has 1 atom stereocenters. The van der Waals surface area contributed by atoms with Crippen molar-refractivity contribution in [1.29, 1.82) is 0 Å². The lowest BCUT2D eigenvalue weighted by Gasteiger charge is -2.32. The van der Waals surface area contributed by atoms with Gasteiger partial charge in [0.25, 0.3) is 0 Å². The van der Waals surface area contributed by atoms with Crippen molar-refractivity contribution in [3.05, 3.63) is 41.7 Å². The minimum Gasteiger partial charge on any atom is -0.342 e. The molecule has 4 nitrogen and oxygen atoms in total. The van der Waals surface area contributed by atoms with Crippen molar-refractivity contribution in [2.45, 2.75) is 50.9 Å². The zero-order chi connectivity index (χ0) is 18.0. The van der Waals surface area contributed by atoms with Crippen LogP contribution in [0.3, 0.4) is 0 Å². The maximum atomic E-state index is 12.7. The highest BCUT2D eigenvalue weighted by Gasteiger charge is 2.26. The van der Waals surface area contributed by atoms with Gasteiger partial charge in [-0.15, -0.1) is 0 Å². The normalized spacial score (nSPS) is 16.9. The van der Waals surface area contributed by atoms with Gasteiger partial charge in [-0.1, -0.05) is 24.8 Å². The first-order valence-electron chi connectivity index (χ1n) is 9.02. The number of piperidine rings is 1. The number of imidazole rings is 1. The van der Waals surface area contributed by atoms with Crippen LogP contribution in [-0.2, 0) is 4.79 Å². The van der Waals surface area contributed by atoms with E-state index in [4.69, 9.17) is 0 Å². The molecular formula is C20H27N3OS. The monoisotopic (exact) mass is 357 g/mol. The van der Waals surface area contributed by atoms with E-state index in [1.165, 1.54) is 11.1 Å². The predicted molar refractivity (Wildman–Crippen MR) is 103 cm³/mol. The van der Waals surface area contributed by atoms with E-state index in [-0.39, 0.29) is 11.2 Å². The van der Waals surface area contributed by atoms with Crippen molar-refractivity contribution in [3.63, 3.8) is 0 Å². The van der Waals surface area contributed by atoms with E-state index in [9.17, 15) is 4.79 Å². The molecule has 0 aliphatic carbocycles. The zero-order valence-corrected chi connectivity index (χ0v) is 16.3. The highest BCUT2D eigenvalue weighted by atomic mass is 32.2. The number of hydrogen-bond acceptors (Lipinski definition) is 3. The van der Waals surface area contributed by atoms with E-state index >= 15 is 0 Å². The van der Waals surface area contributed by atoms with Crippen LogP contribution < -0.4 is 0 Å². The molecule has 1 aliphatic rings. The number of hydrogen-bond donors (Lipinski definition) is 0. The fraction of sp³-hybridized carbons (Fsp3) is 0.500. The Hall–Kier alpha value is -1.75. The average Bonchev–Trinajstić information content (AvgIpc) is 3.05. The lowest BCUT2D eigenvalue weighted by Crippen LogP contribution is -2.41. The lowest BCUT2D eigenvalue weighted by molar-refractivity contribution is -0.131. The van der Waals surface area contributed by atoms with Crippen LogP contribution in [-0.4, -0.2) is 38.7 Å². The van der Waals surface area contributed by atoms with Crippen molar-refractivity contribution in [2.24, 2.45) is 5.92 Å². The molecule has 0 N–H and O–H groups in total. The summed E-state index contributed by atoms with van der Waals surface area (Å²) in [5.74, 6) is 0.960. The first kappa shape index (κ1) is 18.1. The van der Waals surface area contributed by atoms with Crippen LogP contribution in [0.25, 0.3) is 5.69 Å². The van der Waals surface area contributed by atoms with Gasteiger partial charge in [-0.2, -0.15) is 0 Å². The number of thioether (sulfide) groups is 1. The van der Waals surface area contributed by atoms with Gasteiger partial charge in [0.2, 0.25) is 5.91 Å². The Labute approximate surface area is 154 Å². The van der Waals surface area contributed by atoms with Crippen LogP contribution in [0.15, 0.2) is 35.7 Å². The molecule has 1 amide bonds. The molecule has 1 aromatic carbocycles. The van der Waals surface area contributed by atoms with Crippen LogP contribution in [0.1, 0.15) is 37.8 Å². The highest BCUT2D eigenvalue weighted by Crippen LogP contribution is 2.27. The number of benzene rings is 1. The Morgan fingerprint density at radius 2 is 1.96 bits per heavy atom. The minimum atomic E-state index is -0.124. The van der Waals surface area contributed by atoms with Crippen LogP contribution in [0.4, 0.5) is 0 Å². The molecule has 2 heterocycles. The summed E-state index contributed by atoms with van der Waals surface area (Å²) < 4.78 is 2.07. The van der Waals surface area contributed by atoms with Gasteiger partial charge in [0.1, 0.15) is 0 Å². The molecule has 2 aromatic rings. The fourth-order valence-electron chi connectivity index (χ4n) is 3.14. The standard InChI is InChI=1S/C20H27N3OS/c1-14-7-10-22(11-8-14)19(24)17(4)25-20-21-9-12-23(20)18-6-5-15(2)16(3)13-18/h5-6,9,12-14,17H,7-8,10-11H2,1-4H3. The van der Waals surface area contributed by atoms with E-state index in [2.05, 4.69) is 48.5 Å². The number of carbonyl (C=O) groups excluding carboxylic acids is 1. The molecule has 0 bridgehead atoms. The van der Waals surface area contributed by atoms with E-state index in [1.54, 1.807) is 18.0 Å². The van der Waals surface area contributed by atoms with Gasteiger partial charge in [0.05, 0.1) is 5.25 Å². The van der Waals surface area contributed by atoms with Crippen molar-refractivity contribution in [1.82, 2.24) is 14.5 Å². The minimum absolute atomic E-state index is 0.124. The second kappa shape index (κ2) is 7.65. The average molecular weight is 358 g/mol. The Morgan fingerprint density at radius 3 is 2.64 bits per heavy atom. The number of likely N-dealkylation sites (tertiary alicyclic amines) is 1. The Bertz CT molecular complexity index is 747. The summed E-state index contributed by atoms with van der Waals surface area (Å²) in [5.41, 5.74) is 3.63. The van der Waals surface area contributed by atoms with Crippen LogP contribution in [0.2, 0.25) is 0 Å². The van der Waals surface area contributed by atoms with E-state index in [1.807, 2.05) is 18.0 Å². The first-order valence-corrected chi connectivity index (χ1v) is 9.90. The Kier molecular flexibility index (Phi) is 5.52. The van der Waals surface area contributed by atoms with Crippen molar-refractivity contribution in [3.8, 4) is 5.69 Å². The molecule has 25 heavy (non-hydrogen) atoms. The van der Waals surface area contributed by atoms with Gasteiger partial charge >= 0.3 is 0 Å². The van der Waals surface area contributed by atoms with Gasteiger partial charge in [0.15, 0.2) is 5.16 Å². The lowest BCUT2D eigenvalue weighted by atomic mass is 9.99. The smallest absolute Gasteiger partial charge is 0.235 e. The summed E-state index contributed by atoms with van der Waals surface area (Å²) in [5, 5.41) is 0.746. The largest absolute Gasteiger partial charge is 0.342 e. The molecule has 0 saturated carbocycles. The summed E-state index contributed by atoms with van der Waals surface area (Å²) in [6.45, 7) is 10.3. The summed E-state index contributed by atoms with van der Waals surface area (Å²) >= 11 is 1.54. The van der Waals surface area contributed by atoms with Crippen LogP contribution in [0.5, 0.6) is 0 Å². The van der Waals surface area contributed by atoms with Gasteiger partial charge < -0.3 is 4.90 Å². The molecule has 0 spiro atoms. The predicted octanol–water partition coefficient (Wildman–Crippen LogP) is 4.23. The number of rotatable bonds is 4. The molecule has 0 radical (unpaired) electrons. The van der Waals surface area contributed by atoms with E-state index in [0.29, 0.717) is 0 Å². The maximum absolute atomic E-state index is 12.7. The van der Waals surface area contributed by atoms with Gasteiger partial charge in [-0.05, 0) is 62.8 Å². The first-order chi connectivity index (χ1) is 12.0. The Balaban J connectivity index is 1.72. The number of aryl methyl sites for hydroxylation is 2. The third-order valence-corrected chi connectivity index (χ3v) is 6.17. The topological polar surface area (TPSA) is 38.1 Å². The van der Waals surface area contributed by atoms with Crippen molar-refractivity contribution >= 4 is 17.7 Å². The number of aromatic nitrogens is 2. The van der Waals surface area contributed by atoms with Crippen molar-refractivity contribution in [2.75, 3.05) is 13.1 Å². The molecule has 134 valence electrons. The van der Waals surface area contributed by atoms with Crippen molar-refractivity contribution < 1.29 is 4.79 Å². The Morgan fingerprint density at radius 1 is 1.24 bits per heavy atom. The van der Waals surface area contributed by atoms with Crippen LogP contribution in [0, 0.1) is 19.8 Å². The third-order valence-electron chi connectivity index (χ3n) is 5.10.